The maximum Gasteiger partial charge on any atom is 0.235 e. The number of aryl methyl sites for hydroxylation is 1. The number of aromatic nitrogens is 3. The standard InChI is InChI=1S/C21H29N5OS2/c1-6-9-26-13(2)24-25-20(26)28-12-18(27)23-19-16(11-22)15-8-7-14(21(3,4)5)10-17(15)29-19/h14H,6-10,12H2,1-5H3,(H,23,27). The van der Waals surface area contributed by atoms with Crippen LogP contribution in [0, 0.1) is 29.6 Å². The van der Waals surface area contributed by atoms with Crippen molar-refractivity contribution in [3.8, 4) is 6.07 Å². The number of amides is 1. The van der Waals surface area contributed by atoms with E-state index in [0.29, 0.717) is 16.5 Å². The van der Waals surface area contributed by atoms with Crippen molar-refractivity contribution in [3.05, 3.63) is 21.8 Å². The zero-order chi connectivity index (χ0) is 21.2. The van der Waals surface area contributed by atoms with Gasteiger partial charge in [0.2, 0.25) is 5.91 Å². The van der Waals surface area contributed by atoms with E-state index in [1.54, 1.807) is 11.3 Å². The van der Waals surface area contributed by atoms with Gasteiger partial charge >= 0.3 is 0 Å². The summed E-state index contributed by atoms with van der Waals surface area (Å²) in [4.78, 5) is 13.8. The molecule has 0 saturated heterocycles. The number of anilines is 1. The number of thioether (sulfide) groups is 1. The predicted molar refractivity (Wildman–Crippen MR) is 118 cm³/mol. The lowest BCUT2D eigenvalue weighted by atomic mass is 9.72. The van der Waals surface area contributed by atoms with Gasteiger partial charge in [-0.3, -0.25) is 4.79 Å². The Morgan fingerprint density at radius 3 is 2.83 bits per heavy atom. The first-order valence-electron chi connectivity index (χ1n) is 10.1. The van der Waals surface area contributed by atoms with Gasteiger partial charge in [0.05, 0.1) is 11.3 Å². The molecule has 0 aliphatic heterocycles. The number of carbonyl (C=O) groups excluding carboxylic acids is 1. The summed E-state index contributed by atoms with van der Waals surface area (Å²) in [7, 11) is 0. The first kappa shape index (κ1) is 21.8. The molecule has 2 heterocycles. The minimum Gasteiger partial charge on any atom is -0.316 e. The second-order valence-corrected chi connectivity index (χ2v) is 10.7. The molecule has 1 atom stereocenters. The Labute approximate surface area is 181 Å². The Bertz CT molecular complexity index is 932. The molecule has 0 bridgehead atoms. The molecule has 1 aliphatic rings. The third-order valence-electron chi connectivity index (χ3n) is 5.54. The van der Waals surface area contributed by atoms with Gasteiger partial charge in [0.15, 0.2) is 5.16 Å². The van der Waals surface area contributed by atoms with Gasteiger partial charge in [-0.1, -0.05) is 39.5 Å². The van der Waals surface area contributed by atoms with Crippen LogP contribution in [0.25, 0.3) is 0 Å². The van der Waals surface area contributed by atoms with Gasteiger partial charge < -0.3 is 9.88 Å². The van der Waals surface area contributed by atoms with Crippen LogP contribution in [0.2, 0.25) is 0 Å². The van der Waals surface area contributed by atoms with E-state index in [2.05, 4.69) is 49.3 Å². The summed E-state index contributed by atoms with van der Waals surface area (Å²) in [6.45, 7) is 11.7. The molecule has 1 aliphatic carbocycles. The molecule has 2 aromatic rings. The zero-order valence-electron chi connectivity index (χ0n) is 17.8. The lowest BCUT2D eigenvalue weighted by Crippen LogP contribution is -2.26. The van der Waals surface area contributed by atoms with E-state index in [1.807, 2.05) is 11.5 Å². The van der Waals surface area contributed by atoms with Crippen molar-refractivity contribution in [1.29, 1.82) is 5.26 Å². The summed E-state index contributed by atoms with van der Waals surface area (Å²) >= 11 is 2.96. The van der Waals surface area contributed by atoms with Crippen molar-refractivity contribution >= 4 is 34.0 Å². The molecule has 6 nitrogen and oxygen atoms in total. The van der Waals surface area contributed by atoms with Crippen LogP contribution < -0.4 is 5.32 Å². The zero-order valence-corrected chi connectivity index (χ0v) is 19.5. The fourth-order valence-corrected chi connectivity index (χ4v) is 5.88. The predicted octanol–water partition coefficient (Wildman–Crippen LogP) is 4.81. The molecule has 8 heteroatoms. The Morgan fingerprint density at radius 1 is 1.41 bits per heavy atom. The number of nitriles is 1. The Balaban J connectivity index is 1.69. The number of hydrogen-bond donors (Lipinski definition) is 1. The van der Waals surface area contributed by atoms with Crippen LogP contribution in [-0.4, -0.2) is 26.4 Å². The van der Waals surface area contributed by atoms with Crippen molar-refractivity contribution < 1.29 is 4.79 Å². The highest BCUT2D eigenvalue weighted by Gasteiger charge is 2.32. The maximum atomic E-state index is 12.6. The number of nitrogens with one attached hydrogen (secondary N) is 1. The molecule has 0 aromatic carbocycles. The van der Waals surface area contributed by atoms with Gasteiger partial charge in [-0.05, 0) is 49.5 Å². The number of hydrogen-bond acceptors (Lipinski definition) is 6. The van der Waals surface area contributed by atoms with E-state index in [0.717, 1.165) is 48.8 Å². The average Bonchev–Trinajstić information content (AvgIpc) is 3.19. The summed E-state index contributed by atoms with van der Waals surface area (Å²) in [5, 5.41) is 22.4. The van der Waals surface area contributed by atoms with Crippen LogP contribution in [0.5, 0.6) is 0 Å². The molecule has 1 N–H and O–H groups in total. The summed E-state index contributed by atoms with van der Waals surface area (Å²) in [5.74, 6) is 1.61. The van der Waals surface area contributed by atoms with E-state index >= 15 is 0 Å². The smallest absolute Gasteiger partial charge is 0.235 e. The monoisotopic (exact) mass is 431 g/mol. The van der Waals surface area contributed by atoms with Crippen LogP contribution >= 0.6 is 23.1 Å². The molecule has 0 radical (unpaired) electrons. The highest BCUT2D eigenvalue weighted by Crippen LogP contribution is 2.44. The van der Waals surface area contributed by atoms with Gasteiger partial charge in [0, 0.05) is 11.4 Å². The van der Waals surface area contributed by atoms with Crippen LogP contribution in [-0.2, 0) is 24.2 Å². The van der Waals surface area contributed by atoms with Gasteiger partial charge in [0.1, 0.15) is 16.9 Å². The molecule has 2 aromatic heterocycles. The second-order valence-electron chi connectivity index (χ2n) is 8.64. The summed E-state index contributed by atoms with van der Waals surface area (Å²) in [5.41, 5.74) is 2.04. The first-order chi connectivity index (χ1) is 13.7. The van der Waals surface area contributed by atoms with E-state index in [4.69, 9.17) is 0 Å². The van der Waals surface area contributed by atoms with E-state index in [1.165, 1.54) is 16.6 Å². The highest BCUT2D eigenvalue weighted by atomic mass is 32.2. The van der Waals surface area contributed by atoms with Crippen LogP contribution in [0.15, 0.2) is 5.16 Å². The van der Waals surface area contributed by atoms with E-state index in [-0.39, 0.29) is 17.1 Å². The molecule has 0 saturated carbocycles. The number of carbonyl (C=O) groups is 1. The molecule has 3 rings (SSSR count). The number of fused-ring (bicyclic) bond motifs is 1. The SMILES string of the molecule is CCCn1c(C)nnc1SCC(=O)Nc1sc2c(c1C#N)CCC(C(C)(C)C)C2. The maximum absolute atomic E-state index is 12.6. The molecule has 0 spiro atoms. The number of nitrogens with zero attached hydrogens (tertiary/aromatic N) is 4. The molecule has 1 amide bonds. The first-order valence-corrected chi connectivity index (χ1v) is 11.9. The van der Waals surface area contributed by atoms with Crippen molar-refractivity contribution in [3.63, 3.8) is 0 Å². The lowest BCUT2D eigenvalue weighted by molar-refractivity contribution is -0.113. The highest BCUT2D eigenvalue weighted by molar-refractivity contribution is 7.99. The summed E-state index contributed by atoms with van der Waals surface area (Å²) in [6, 6.07) is 2.33. The minimum atomic E-state index is -0.110. The van der Waals surface area contributed by atoms with Gasteiger partial charge in [-0.2, -0.15) is 5.26 Å². The largest absolute Gasteiger partial charge is 0.316 e. The second kappa shape index (κ2) is 8.88. The molecule has 156 valence electrons. The van der Waals surface area contributed by atoms with E-state index in [9.17, 15) is 10.1 Å². The van der Waals surface area contributed by atoms with Gasteiger partial charge in [-0.25, -0.2) is 0 Å². The molecule has 1 unspecified atom stereocenters. The fraction of sp³-hybridized carbons (Fsp3) is 0.619. The molecular formula is C21H29N5OS2. The van der Waals surface area contributed by atoms with Crippen LogP contribution in [0.1, 0.15) is 62.4 Å². The third-order valence-corrected chi connectivity index (χ3v) is 7.67. The lowest BCUT2D eigenvalue weighted by Gasteiger charge is -2.33. The Morgan fingerprint density at radius 2 is 2.17 bits per heavy atom. The van der Waals surface area contributed by atoms with Gasteiger partial charge in [-0.15, -0.1) is 21.5 Å². The molecule has 29 heavy (non-hydrogen) atoms. The quantitative estimate of drug-likeness (QED) is 0.664. The third kappa shape index (κ3) is 4.84. The van der Waals surface area contributed by atoms with Crippen molar-refractivity contribution in [1.82, 2.24) is 14.8 Å². The Hall–Kier alpha value is -1.85. The minimum absolute atomic E-state index is 0.110. The summed E-state index contributed by atoms with van der Waals surface area (Å²) in [6.07, 6.45) is 3.99. The Kier molecular flexibility index (Phi) is 6.69. The number of thiophene rings is 1. The van der Waals surface area contributed by atoms with Crippen LogP contribution in [0.4, 0.5) is 5.00 Å². The molecule has 0 fully saturated rings. The van der Waals surface area contributed by atoms with Crippen molar-refractivity contribution in [2.45, 2.75) is 72.0 Å². The fourth-order valence-electron chi connectivity index (χ4n) is 3.77. The van der Waals surface area contributed by atoms with Crippen LogP contribution in [0.3, 0.4) is 0 Å². The molecular weight excluding hydrogens is 402 g/mol. The normalized spacial score (nSPS) is 16.3. The van der Waals surface area contributed by atoms with Crippen molar-refractivity contribution in [2.24, 2.45) is 11.3 Å². The van der Waals surface area contributed by atoms with E-state index < -0.39 is 0 Å². The summed E-state index contributed by atoms with van der Waals surface area (Å²) < 4.78 is 2.04. The van der Waals surface area contributed by atoms with Crippen molar-refractivity contribution in [2.75, 3.05) is 11.1 Å². The topological polar surface area (TPSA) is 83.6 Å². The number of rotatable bonds is 6. The van der Waals surface area contributed by atoms with Gasteiger partial charge in [0.25, 0.3) is 0 Å². The average molecular weight is 432 g/mol.